The van der Waals surface area contributed by atoms with Gasteiger partial charge in [-0.1, -0.05) is 6.92 Å². The number of amides is 2. The molecule has 1 fully saturated rings. The van der Waals surface area contributed by atoms with Crippen molar-refractivity contribution >= 4 is 18.0 Å². The van der Waals surface area contributed by atoms with Crippen LogP contribution in [-0.2, 0) is 14.3 Å². The van der Waals surface area contributed by atoms with Crippen molar-refractivity contribution in [2.24, 2.45) is 0 Å². The molecule has 1 unspecified atom stereocenters. The van der Waals surface area contributed by atoms with Gasteiger partial charge in [0.05, 0.1) is 0 Å². The topological polar surface area (TPSA) is 83.9 Å². The number of nitrogens with zero attached hydrogens (tertiary/aromatic N) is 1. The van der Waals surface area contributed by atoms with Gasteiger partial charge in [0.15, 0.2) is 0 Å². The maximum absolute atomic E-state index is 11.9. The van der Waals surface area contributed by atoms with E-state index in [9.17, 15) is 14.4 Å². The van der Waals surface area contributed by atoms with Gasteiger partial charge >= 0.3 is 12.1 Å². The van der Waals surface area contributed by atoms with Gasteiger partial charge in [0.2, 0.25) is 5.91 Å². The van der Waals surface area contributed by atoms with E-state index in [2.05, 4.69) is 0 Å². The van der Waals surface area contributed by atoms with Crippen molar-refractivity contribution in [3.8, 4) is 0 Å². The number of imide groups is 1. The molecule has 6 heteroatoms. The Morgan fingerprint density at radius 1 is 1.50 bits per heavy atom. The zero-order valence-electron chi connectivity index (χ0n) is 10.9. The Hall–Kier alpha value is -1.59. The average Bonchev–Trinajstić information content (AvgIpc) is 2.27. The maximum atomic E-state index is 11.9. The Morgan fingerprint density at radius 3 is 2.61 bits per heavy atom. The summed E-state index contributed by atoms with van der Waals surface area (Å²) in [5.41, 5.74) is -0.710. The number of carboxylic acid groups (broad SMARTS) is 1. The molecule has 0 aromatic carbocycles. The highest BCUT2D eigenvalue weighted by Gasteiger charge is 2.40. The standard InChI is InChI=1S/C12H19NO5/c1-4-12(2,3)18-11(17)13-8(10(15)16)6-5-7-9(13)14/h8H,4-7H2,1-3H3,(H,15,16). The molecule has 0 spiro atoms. The zero-order valence-corrected chi connectivity index (χ0v) is 10.9. The van der Waals surface area contributed by atoms with Crippen molar-refractivity contribution < 1.29 is 24.2 Å². The van der Waals surface area contributed by atoms with Gasteiger partial charge in [-0.05, 0) is 33.1 Å². The molecule has 1 N–H and O–H groups in total. The summed E-state index contributed by atoms with van der Waals surface area (Å²) in [5, 5.41) is 9.03. The zero-order chi connectivity index (χ0) is 13.9. The Balaban J connectivity index is 2.85. The van der Waals surface area contributed by atoms with Crippen molar-refractivity contribution in [1.29, 1.82) is 0 Å². The van der Waals surface area contributed by atoms with Crippen molar-refractivity contribution in [2.45, 2.75) is 58.1 Å². The summed E-state index contributed by atoms with van der Waals surface area (Å²) in [6.07, 6.45) is 0.669. The van der Waals surface area contributed by atoms with E-state index in [1.165, 1.54) is 0 Å². The van der Waals surface area contributed by atoms with Crippen molar-refractivity contribution in [3.63, 3.8) is 0 Å². The van der Waals surface area contributed by atoms with Crippen molar-refractivity contribution in [3.05, 3.63) is 0 Å². The number of rotatable bonds is 3. The second-order valence-corrected chi connectivity index (χ2v) is 4.99. The minimum atomic E-state index is -1.17. The normalized spacial score (nSPS) is 20.7. The van der Waals surface area contributed by atoms with Gasteiger partial charge in [0.1, 0.15) is 11.6 Å². The fourth-order valence-electron chi connectivity index (χ4n) is 1.69. The third-order valence-electron chi connectivity index (χ3n) is 3.15. The van der Waals surface area contributed by atoms with E-state index in [1.807, 2.05) is 6.92 Å². The van der Waals surface area contributed by atoms with E-state index in [-0.39, 0.29) is 12.8 Å². The predicted molar refractivity (Wildman–Crippen MR) is 63.0 cm³/mol. The lowest BCUT2D eigenvalue weighted by atomic mass is 10.0. The number of hydrogen-bond donors (Lipinski definition) is 1. The highest BCUT2D eigenvalue weighted by Crippen LogP contribution is 2.22. The van der Waals surface area contributed by atoms with Crippen LogP contribution in [0.5, 0.6) is 0 Å². The summed E-state index contributed by atoms with van der Waals surface area (Å²) in [6.45, 7) is 5.28. The average molecular weight is 257 g/mol. The van der Waals surface area contributed by atoms with E-state index in [0.717, 1.165) is 4.90 Å². The second-order valence-electron chi connectivity index (χ2n) is 4.99. The Morgan fingerprint density at radius 2 is 2.11 bits per heavy atom. The van der Waals surface area contributed by atoms with Crippen LogP contribution in [0, 0.1) is 0 Å². The van der Waals surface area contributed by atoms with E-state index < -0.39 is 29.6 Å². The molecule has 1 aliphatic rings. The molecular weight excluding hydrogens is 238 g/mol. The molecule has 0 radical (unpaired) electrons. The SMILES string of the molecule is CCC(C)(C)OC(=O)N1C(=O)CCCC1C(=O)O. The highest BCUT2D eigenvalue weighted by molar-refractivity contribution is 5.97. The summed E-state index contributed by atoms with van der Waals surface area (Å²) in [7, 11) is 0. The summed E-state index contributed by atoms with van der Waals surface area (Å²) >= 11 is 0. The minimum Gasteiger partial charge on any atom is -0.480 e. The van der Waals surface area contributed by atoms with Crippen LogP contribution in [-0.4, -0.2) is 39.6 Å². The molecule has 0 aromatic heterocycles. The first-order valence-corrected chi connectivity index (χ1v) is 6.06. The first-order chi connectivity index (χ1) is 8.28. The molecule has 1 rings (SSSR count). The maximum Gasteiger partial charge on any atom is 0.417 e. The van der Waals surface area contributed by atoms with Gasteiger partial charge < -0.3 is 9.84 Å². The smallest absolute Gasteiger partial charge is 0.417 e. The molecule has 0 saturated carbocycles. The molecule has 1 heterocycles. The molecule has 0 bridgehead atoms. The summed E-state index contributed by atoms with van der Waals surface area (Å²) in [6, 6.07) is -1.11. The molecule has 18 heavy (non-hydrogen) atoms. The number of aliphatic carboxylic acids is 1. The summed E-state index contributed by atoms with van der Waals surface area (Å²) < 4.78 is 5.18. The summed E-state index contributed by atoms with van der Waals surface area (Å²) in [4.78, 5) is 35.4. The molecule has 2 amide bonds. The lowest BCUT2D eigenvalue weighted by Crippen LogP contribution is -2.52. The number of carbonyl (C=O) groups excluding carboxylic acids is 2. The van der Waals surface area contributed by atoms with Gasteiger partial charge in [0, 0.05) is 6.42 Å². The molecule has 0 aliphatic carbocycles. The number of piperidine rings is 1. The fraction of sp³-hybridized carbons (Fsp3) is 0.750. The molecule has 1 saturated heterocycles. The van der Waals surface area contributed by atoms with E-state index >= 15 is 0 Å². The number of hydrogen-bond acceptors (Lipinski definition) is 4. The minimum absolute atomic E-state index is 0.186. The van der Waals surface area contributed by atoms with Crippen molar-refractivity contribution in [1.82, 2.24) is 4.90 Å². The molecular formula is C12H19NO5. The third kappa shape index (κ3) is 3.21. The quantitative estimate of drug-likeness (QED) is 0.833. The number of carboxylic acids is 1. The van der Waals surface area contributed by atoms with Crippen LogP contribution in [0.2, 0.25) is 0 Å². The predicted octanol–water partition coefficient (Wildman–Crippen LogP) is 1.78. The van der Waals surface area contributed by atoms with Crippen LogP contribution in [0.4, 0.5) is 4.79 Å². The van der Waals surface area contributed by atoms with Crippen LogP contribution < -0.4 is 0 Å². The second kappa shape index (κ2) is 5.37. The molecule has 0 aromatic rings. The lowest BCUT2D eigenvalue weighted by molar-refractivity contribution is -0.152. The Labute approximate surface area is 106 Å². The lowest BCUT2D eigenvalue weighted by Gasteiger charge is -2.33. The van der Waals surface area contributed by atoms with Gasteiger partial charge in [-0.3, -0.25) is 4.79 Å². The van der Waals surface area contributed by atoms with E-state index in [1.54, 1.807) is 13.8 Å². The summed E-state index contributed by atoms with van der Waals surface area (Å²) in [5.74, 6) is -1.65. The number of likely N-dealkylation sites (tertiary alicyclic amines) is 1. The molecule has 102 valence electrons. The highest BCUT2D eigenvalue weighted by atomic mass is 16.6. The molecule has 6 nitrogen and oxygen atoms in total. The Bertz CT molecular complexity index is 363. The van der Waals surface area contributed by atoms with Gasteiger partial charge in [-0.2, -0.15) is 0 Å². The monoisotopic (exact) mass is 257 g/mol. The van der Waals surface area contributed by atoms with Crippen LogP contribution >= 0.6 is 0 Å². The fourth-order valence-corrected chi connectivity index (χ4v) is 1.69. The van der Waals surface area contributed by atoms with E-state index in [4.69, 9.17) is 9.84 Å². The van der Waals surface area contributed by atoms with Crippen LogP contribution in [0.25, 0.3) is 0 Å². The van der Waals surface area contributed by atoms with Crippen LogP contribution in [0.1, 0.15) is 46.5 Å². The largest absolute Gasteiger partial charge is 0.480 e. The van der Waals surface area contributed by atoms with Crippen LogP contribution in [0.15, 0.2) is 0 Å². The van der Waals surface area contributed by atoms with E-state index in [0.29, 0.717) is 12.8 Å². The third-order valence-corrected chi connectivity index (χ3v) is 3.15. The molecule has 1 aliphatic heterocycles. The van der Waals surface area contributed by atoms with Gasteiger partial charge in [-0.25, -0.2) is 14.5 Å². The van der Waals surface area contributed by atoms with Crippen LogP contribution in [0.3, 0.4) is 0 Å². The van der Waals surface area contributed by atoms with Gasteiger partial charge in [-0.15, -0.1) is 0 Å². The first kappa shape index (κ1) is 14.5. The number of carbonyl (C=O) groups is 3. The first-order valence-electron chi connectivity index (χ1n) is 6.06. The Kier molecular flexibility index (Phi) is 4.32. The molecule has 1 atom stereocenters. The van der Waals surface area contributed by atoms with Gasteiger partial charge in [0.25, 0.3) is 0 Å². The van der Waals surface area contributed by atoms with Crippen molar-refractivity contribution in [2.75, 3.05) is 0 Å². The number of ether oxygens (including phenoxy) is 1.